The van der Waals surface area contributed by atoms with Crippen molar-refractivity contribution in [1.29, 1.82) is 0 Å². The summed E-state index contributed by atoms with van der Waals surface area (Å²) in [7, 11) is 0. The van der Waals surface area contributed by atoms with Crippen molar-refractivity contribution in [2.45, 2.75) is 13.0 Å². The minimum atomic E-state index is -0.348. The van der Waals surface area contributed by atoms with Crippen LogP contribution >= 0.6 is 11.3 Å². The van der Waals surface area contributed by atoms with Gasteiger partial charge in [0.1, 0.15) is 0 Å². The number of thiophene rings is 1. The van der Waals surface area contributed by atoms with Crippen molar-refractivity contribution in [3.63, 3.8) is 0 Å². The predicted molar refractivity (Wildman–Crippen MR) is 79.2 cm³/mol. The first-order chi connectivity index (χ1) is 9.84. The molecule has 0 saturated carbocycles. The van der Waals surface area contributed by atoms with Gasteiger partial charge < -0.3 is 9.73 Å². The van der Waals surface area contributed by atoms with E-state index in [2.05, 4.69) is 27.8 Å². The lowest BCUT2D eigenvalue weighted by Crippen LogP contribution is -2.26. The molecule has 3 rings (SSSR count). The van der Waals surface area contributed by atoms with Gasteiger partial charge in [-0.25, -0.2) is 9.78 Å². The Morgan fingerprint density at radius 1 is 1.30 bits per heavy atom. The average Bonchev–Trinajstić information content (AvgIpc) is 3.06. The van der Waals surface area contributed by atoms with Gasteiger partial charge in [0.2, 0.25) is 0 Å². The second-order valence-corrected chi connectivity index (χ2v) is 5.46. The SMILES string of the molecule is O=c1oc2cccnc2n1CCNCCc1cccs1. The van der Waals surface area contributed by atoms with E-state index in [1.54, 1.807) is 34.2 Å². The van der Waals surface area contributed by atoms with Gasteiger partial charge in [0.15, 0.2) is 11.2 Å². The number of hydrogen-bond donors (Lipinski definition) is 1. The zero-order valence-electron chi connectivity index (χ0n) is 10.9. The molecule has 0 fully saturated rings. The van der Waals surface area contributed by atoms with Crippen LogP contribution in [0.5, 0.6) is 0 Å². The van der Waals surface area contributed by atoms with Gasteiger partial charge >= 0.3 is 5.76 Å². The fourth-order valence-electron chi connectivity index (χ4n) is 2.08. The summed E-state index contributed by atoms with van der Waals surface area (Å²) in [4.78, 5) is 17.3. The molecule has 3 aromatic heterocycles. The molecule has 0 amide bonds. The highest BCUT2D eigenvalue weighted by Crippen LogP contribution is 2.09. The Hall–Kier alpha value is -1.92. The first kappa shape index (κ1) is 13.1. The number of rotatable bonds is 6. The molecule has 0 bridgehead atoms. The summed E-state index contributed by atoms with van der Waals surface area (Å²) in [6, 6.07) is 7.70. The van der Waals surface area contributed by atoms with Gasteiger partial charge in [-0.1, -0.05) is 6.07 Å². The Kier molecular flexibility index (Phi) is 3.94. The van der Waals surface area contributed by atoms with Gasteiger partial charge in [-0.05, 0) is 30.0 Å². The van der Waals surface area contributed by atoms with Gasteiger partial charge in [-0.2, -0.15) is 0 Å². The maximum atomic E-state index is 11.7. The lowest BCUT2D eigenvalue weighted by molar-refractivity contribution is 0.494. The Morgan fingerprint density at radius 3 is 3.10 bits per heavy atom. The van der Waals surface area contributed by atoms with Gasteiger partial charge in [0.05, 0.1) is 0 Å². The Labute approximate surface area is 119 Å². The van der Waals surface area contributed by atoms with Crippen LogP contribution in [-0.4, -0.2) is 22.6 Å². The fourth-order valence-corrected chi connectivity index (χ4v) is 2.79. The molecule has 20 heavy (non-hydrogen) atoms. The van der Waals surface area contributed by atoms with Crippen molar-refractivity contribution in [2.24, 2.45) is 0 Å². The maximum absolute atomic E-state index is 11.7. The maximum Gasteiger partial charge on any atom is 0.421 e. The quantitative estimate of drug-likeness (QED) is 0.704. The van der Waals surface area contributed by atoms with Crippen LogP contribution in [0, 0.1) is 0 Å². The standard InChI is InChI=1S/C14H15N3O2S/c18-14-17(13-12(19-14)4-1-6-16-13)9-8-15-7-5-11-3-2-10-20-11/h1-4,6,10,15H,5,7-9H2. The zero-order chi connectivity index (χ0) is 13.8. The number of nitrogens with one attached hydrogen (secondary N) is 1. The molecule has 0 aliphatic heterocycles. The van der Waals surface area contributed by atoms with Gasteiger partial charge in [-0.3, -0.25) is 4.57 Å². The Balaban J connectivity index is 1.55. The van der Waals surface area contributed by atoms with E-state index >= 15 is 0 Å². The summed E-state index contributed by atoms with van der Waals surface area (Å²) in [6.45, 7) is 2.18. The zero-order valence-corrected chi connectivity index (χ0v) is 11.7. The summed E-state index contributed by atoms with van der Waals surface area (Å²) in [5.41, 5.74) is 1.15. The van der Waals surface area contributed by atoms with Gasteiger partial charge in [0.25, 0.3) is 0 Å². The van der Waals surface area contributed by atoms with E-state index in [0.717, 1.165) is 19.5 Å². The number of aromatic nitrogens is 2. The molecule has 5 nitrogen and oxygen atoms in total. The Morgan fingerprint density at radius 2 is 2.25 bits per heavy atom. The van der Waals surface area contributed by atoms with Crippen LogP contribution in [0.3, 0.4) is 0 Å². The molecule has 3 aromatic rings. The summed E-state index contributed by atoms with van der Waals surface area (Å²) >= 11 is 1.76. The van der Waals surface area contributed by atoms with Crippen molar-refractivity contribution in [1.82, 2.24) is 14.9 Å². The van der Waals surface area contributed by atoms with E-state index in [0.29, 0.717) is 17.8 Å². The molecule has 0 aliphatic rings. The van der Waals surface area contributed by atoms with Crippen molar-refractivity contribution in [2.75, 3.05) is 13.1 Å². The van der Waals surface area contributed by atoms with E-state index in [1.165, 1.54) is 4.88 Å². The van der Waals surface area contributed by atoms with Crippen molar-refractivity contribution in [3.8, 4) is 0 Å². The summed E-state index contributed by atoms with van der Waals surface area (Å²) in [6.07, 6.45) is 2.68. The van der Waals surface area contributed by atoms with E-state index in [1.807, 2.05) is 0 Å². The minimum absolute atomic E-state index is 0.348. The van der Waals surface area contributed by atoms with E-state index in [9.17, 15) is 4.79 Å². The lowest BCUT2D eigenvalue weighted by Gasteiger charge is -2.04. The van der Waals surface area contributed by atoms with Crippen molar-refractivity contribution < 1.29 is 4.42 Å². The van der Waals surface area contributed by atoms with E-state index in [-0.39, 0.29) is 5.76 Å². The van der Waals surface area contributed by atoms with Crippen molar-refractivity contribution in [3.05, 3.63) is 51.3 Å². The van der Waals surface area contributed by atoms with Crippen LogP contribution in [0.15, 0.2) is 45.1 Å². The molecule has 0 unspecified atom stereocenters. The molecule has 0 aromatic carbocycles. The van der Waals surface area contributed by atoms with Crippen molar-refractivity contribution >= 4 is 22.6 Å². The first-order valence-corrected chi connectivity index (χ1v) is 7.40. The van der Waals surface area contributed by atoms with E-state index < -0.39 is 0 Å². The third-order valence-corrected chi connectivity index (χ3v) is 4.00. The average molecular weight is 289 g/mol. The molecule has 0 atom stereocenters. The largest absolute Gasteiger partial charge is 0.421 e. The van der Waals surface area contributed by atoms with Crippen LogP contribution < -0.4 is 11.1 Å². The van der Waals surface area contributed by atoms with Crippen LogP contribution in [0.25, 0.3) is 11.2 Å². The monoisotopic (exact) mass is 289 g/mol. The predicted octanol–water partition coefficient (Wildman–Crippen LogP) is 1.88. The first-order valence-electron chi connectivity index (χ1n) is 6.52. The third kappa shape index (κ3) is 2.81. The molecule has 0 saturated heterocycles. The van der Waals surface area contributed by atoms with E-state index in [4.69, 9.17) is 4.42 Å². The van der Waals surface area contributed by atoms with Crippen LogP contribution in [0.2, 0.25) is 0 Å². The second kappa shape index (κ2) is 6.02. The fraction of sp³-hybridized carbons (Fsp3) is 0.286. The number of pyridine rings is 1. The molecule has 6 heteroatoms. The number of nitrogens with zero attached hydrogens (tertiary/aromatic N) is 2. The van der Waals surface area contributed by atoms with Gasteiger partial charge in [-0.15, -0.1) is 11.3 Å². The molecule has 3 heterocycles. The highest BCUT2D eigenvalue weighted by atomic mass is 32.1. The Bertz CT molecular complexity index is 730. The van der Waals surface area contributed by atoms with Crippen LogP contribution in [0.4, 0.5) is 0 Å². The minimum Gasteiger partial charge on any atom is -0.406 e. The highest BCUT2D eigenvalue weighted by molar-refractivity contribution is 7.09. The molecular weight excluding hydrogens is 274 g/mol. The highest BCUT2D eigenvalue weighted by Gasteiger charge is 2.08. The molecular formula is C14H15N3O2S. The van der Waals surface area contributed by atoms with Crippen LogP contribution in [0.1, 0.15) is 4.88 Å². The third-order valence-electron chi connectivity index (χ3n) is 3.06. The lowest BCUT2D eigenvalue weighted by atomic mass is 10.3. The summed E-state index contributed by atoms with van der Waals surface area (Å²) in [5.74, 6) is -0.348. The van der Waals surface area contributed by atoms with Crippen LogP contribution in [-0.2, 0) is 13.0 Å². The number of hydrogen-bond acceptors (Lipinski definition) is 5. The molecule has 0 aliphatic carbocycles. The molecule has 0 radical (unpaired) electrons. The molecule has 104 valence electrons. The van der Waals surface area contributed by atoms with Gasteiger partial charge in [0, 0.05) is 30.7 Å². The number of oxazole rings is 1. The molecule has 0 spiro atoms. The second-order valence-electron chi connectivity index (χ2n) is 4.42. The summed E-state index contributed by atoms with van der Waals surface area (Å²) in [5, 5.41) is 5.41. The summed E-state index contributed by atoms with van der Waals surface area (Å²) < 4.78 is 6.70. The number of fused-ring (bicyclic) bond motifs is 1. The smallest absolute Gasteiger partial charge is 0.406 e. The topological polar surface area (TPSA) is 60.1 Å². The normalized spacial score (nSPS) is 11.2. The molecule has 1 N–H and O–H groups in total.